The summed E-state index contributed by atoms with van der Waals surface area (Å²) < 4.78 is 0. The van der Waals surface area contributed by atoms with Gasteiger partial charge in [0.1, 0.15) is 0 Å². The molecule has 2 atom stereocenters. The molecule has 6 heteroatoms. The molecule has 0 aliphatic rings. The van der Waals surface area contributed by atoms with Gasteiger partial charge in [-0.2, -0.15) is 0 Å². The number of hydrogen-bond donors (Lipinski definition) is 4. The van der Waals surface area contributed by atoms with Gasteiger partial charge in [-0.05, 0) is 0 Å². The molecule has 4 N–H and O–H groups in total. The summed E-state index contributed by atoms with van der Waals surface area (Å²) in [6, 6.07) is 0. The number of hydrogen-bond acceptors (Lipinski definition) is 4. The Morgan fingerprint density at radius 3 is 1.08 bits per heavy atom. The third kappa shape index (κ3) is 4.64. The van der Waals surface area contributed by atoms with Crippen LogP contribution in [0.1, 0.15) is 14.9 Å². The van der Waals surface area contributed by atoms with E-state index >= 15 is 0 Å². The van der Waals surface area contributed by atoms with Crippen molar-refractivity contribution in [2.45, 2.75) is 27.1 Å². The lowest BCUT2D eigenvalue weighted by Gasteiger charge is -2.07. The van der Waals surface area contributed by atoms with Gasteiger partial charge < -0.3 is 20.4 Å². The van der Waals surface area contributed by atoms with Crippen LogP contribution >= 0.6 is 0 Å². The number of rotatable bonds is 3. The Labute approximate surface area is 70.1 Å². The normalized spacial score (nSPS) is 13.2. The second-order valence-corrected chi connectivity index (χ2v) is 1.57. The summed E-state index contributed by atoms with van der Waals surface area (Å²) in [4.78, 5) is 19.5. The van der Waals surface area contributed by atoms with Crippen molar-refractivity contribution in [2.24, 2.45) is 0 Å². The number of carboxylic acid groups (broad SMARTS) is 2. The molecular weight excluding hydrogens is 168 g/mol. The van der Waals surface area contributed by atoms with Gasteiger partial charge in [0.25, 0.3) is 0 Å². The Morgan fingerprint density at radius 1 is 0.833 bits per heavy atom. The molecule has 0 radical (unpaired) electrons. The molecule has 0 aliphatic heterocycles. The number of aliphatic hydroxyl groups is 2. The van der Waals surface area contributed by atoms with Crippen LogP contribution in [0.2, 0.25) is 0 Å². The highest BCUT2D eigenvalue weighted by molar-refractivity contribution is 5.82. The standard InChI is InChI=1S/C4H6O6.2CH4/c5-1(3(7)8)2(6)4(9)10;;/h1-2,5-6H,(H,7,8)(H,9,10);2*1H4/t1-,2-;;/m1../s1. The van der Waals surface area contributed by atoms with E-state index in [-0.39, 0.29) is 14.9 Å². The Morgan fingerprint density at radius 2 is 1.00 bits per heavy atom. The molecule has 0 spiro atoms. The van der Waals surface area contributed by atoms with Gasteiger partial charge in [0, 0.05) is 0 Å². The van der Waals surface area contributed by atoms with Crippen LogP contribution in [0, 0.1) is 0 Å². The maximum absolute atomic E-state index is 9.77. The van der Waals surface area contributed by atoms with E-state index in [9.17, 15) is 9.59 Å². The van der Waals surface area contributed by atoms with Crippen molar-refractivity contribution in [3.63, 3.8) is 0 Å². The Kier molecular flexibility index (Phi) is 9.35. The lowest BCUT2D eigenvalue weighted by Crippen LogP contribution is -2.39. The van der Waals surface area contributed by atoms with Crippen LogP contribution in [0.15, 0.2) is 0 Å². The summed E-state index contributed by atoms with van der Waals surface area (Å²) in [6.07, 6.45) is -4.53. The number of aliphatic carboxylic acids is 2. The minimum atomic E-state index is -2.27. The molecule has 0 unspecified atom stereocenters. The van der Waals surface area contributed by atoms with E-state index in [1.54, 1.807) is 0 Å². The zero-order valence-corrected chi connectivity index (χ0v) is 4.76. The highest BCUT2D eigenvalue weighted by atomic mass is 16.4. The van der Waals surface area contributed by atoms with Crippen molar-refractivity contribution in [3.8, 4) is 0 Å². The molecule has 6 nitrogen and oxygen atoms in total. The van der Waals surface area contributed by atoms with E-state index in [1.165, 1.54) is 0 Å². The van der Waals surface area contributed by atoms with Gasteiger partial charge in [-0.3, -0.25) is 0 Å². The van der Waals surface area contributed by atoms with E-state index in [2.05, 4.69) is 0 Å². The second kappa shape index (κ2) is 6.56. The largest absolute Gasteiger partial charge is 0.479 e. The SMILES string of the molecule is C.C.O=C(O)[C@H](O)[C@@H](O)C(=O)O. The predicted octanol–water partition coefficient (Wildman–Crippen LogP) is -0.850. The lowest BCUT2D eigenvalue weighted by atomic mass is 10.2. The number of carbonyl (C=O) groups is 2. The van der Waals surface area contributed by atoms with Gasteiger partial charge in [-0.1, -0.05) is 14.9 Å². The summed E-state index contributed by atoms with van der Waals surface area (Å²) in [5.74, 6) is -3.54. The molecule has 12 heavy (non-hydrogen) atoms. The molecule has 0 aromatic heterocycles. The van der Waals surface area contributed by atoms with Crippen LogP contribution in [0.4, 0.5) is 0 Å². The third-order valence-electron chi connectivity index (χ3n) is 0.805. The molecule has 0 aliphatic carbocycles. The molecule has 74 valence electrons. The summed E-state index contributed by atoms with van der Waals surface area (Å²) in [7, 11) is 0. The van der Waals surface area contributed by atoms with Gasteiger partial charge in [0.2, 0.25) is 0 Å². The Hall–Kier alpha value is -1.14. The lowest BCUT2D eigenvalue weighted by molar-refractivity contribution is -0.165. The van der Waals surface area contributed by atoms with E-state index in [0.717, 1.165) is 0 Å². The smallest absolute Gasteiger partial charge is 0.335 e. The fourth-order valence-corrected chi connectivity index (χ4v) is 0.270. The van der Waals surface area contributed by atoms with Crippen LogP contribution in [0.3, 0.4) is 0 Å². The first-order valence-electron chi connectivity index (χ1n) is 2.28. The number of carboxylic acids is 2. The fourth-order valence-electron chi connectivity index (χ4n) is 0.270. The molecule has 0 aromatic rings. The van der Waals surface area contributed by atoms with Crippen LogP contribution in [0.25, 0.3) is 0 Å². The quantitative estimate of drug-likeness (QED) is 0.452. The molecule has 0 heterocycles. The predicted molar refractivity (Wildman–Crippen MR) is 40.7 cm³/mol. The minimum absolute atomic E-state index is 0. The topological polar surface area (TPSA) is 115 Å². The second-order valence-electron chi connectivity index (χ2n) is 1.57. The molecule has 0 rings (SSSR count). The molecule has 0 bridgehead atoms. The average molecular weight is 182 g/mol. The molecular formula is C6H14O6. The third-order valence-corrected chi connectivity index (χ3v) is 0.805. The first-order chi connectivity index (χ1) is 4.46. The zero-order chi connectivity index (χ0) is 8.31. The molecule has 0 fully saturated rings. The maximum Gasteiger partial charge on any atom is 0.335 e. The molecule has 0 saturated heterocycles. The van der Waals surface area contributed by atoms with Crippen molar-refractivity contribution in [1.29, 1.82) is 0 Å². The van der Waals surface area contributed by atoms with Crippen molar-refractivity contribution < 1.29 is 30.0 Å². The summed E-state index contributed by atoms with van der Waals surface area (Å²) in [5.41, 5.74) is 0. The van der Waals surface area contributed by atoms with Crippen LogP contribution in [-0.4, -0.2) is 44.6 Å². The van der Waals surface area contributed by atoms with Gasteiger partial charge in [0.05, 0.1) is 0 Å². The van der Waals surface area contributed by atoms with E-state index in [1.807, 2.05) is 0 Å². The van der Waals surface area contributed by atoms with Gasteiger partial charge in [-0.25, -0.2) is 9.59 Å². The first kappa shape index (κ1) is 17.1. The highest BCUT2D eigenvalue weighted by Gasteiger charge is 2.29. The molecule has 0 amide bonds. The van der Waals surface area contributed by atoms with Gasteiger partial charge in [-0.15, -0.1) is 0 Å². The molecule has 0 saturated carbocycles. The minimum Gasteiger partial charge on any atom is -0.479 e. The summed E-state index contributed by atoms with van der Waals surface area (Å²) >= 11 is 0. The van der Waals surface area contributed by atoms with E-state index in [4.69, 9.17) is 20.4 Å². The summed E-state index contributed by atoms with van der Waals surface area (Å²) in [6.45, 7) is 0. The monoisotopic (exact) mass is 182 g/mol. The van der Waals surface area contributed by atoms with Gasteiger partial charge in [0.15, 0.2) is 12.2 Å². The van der Waals surface area contributed by atoms with Crippen molar-refractivity contribution in [2.75, 3.05) is 0 Å². The van der Waals surface area contributed by atoms with Crippen molar-refractivity contribution in [1.82, 2.24) is 0 Å². The zero-order valence-electron chi connectivity index (χ0n) is 4.76. The Balaban J connectivity index is -0.000000405. The highest BCUT2D eigenvalue weighted by Crippen LogP contribution is 1.92. The average Bonchev–Trinajstić information content (AvgIpc) is 1.84. The van der Waals surface area contributed by atoms with E-state index < -0.39 is 24.1 Å². The molecule has 0 aromatic carbocycles. The van der Waals surface area contributed by atoms with Crippen LogP contribution in [-0.2, 0) is 9.59 Å². The van der Waals surface area contributed by atoms with Gasteiger partial charge >= 0.3 is 11.9 Å². The first-order valence-corrected chi connectivity index (χ1v) is 2.28. The Bertz CT molecular complexity index is 136. The van der Waals surface area contributed by atoms with Crippen LogP contribution < -0.4 is 0 Å². The van der Waals surface area contributed by atoms with Crippen LogP contribution in [0.5, 0.6) is 0 Å². The van der Waals surface area contributed by atoms with Crippen molar-refractivity contribution >= 4 is 11.9 Å². The number of aliphatic hydroxyl groups excluding tert-OH is 2. The summed E-state index contributed by atoms with van der Waals surface area (Å²) in [5, 5.41) is 32.5. The van der Waals surface area contributed by atoms with Crippen molar-refractivity contribution in [3.05, 3.63) is 0 Å². The maximum atomic E-state index is 9.77. The fraction of sp³-hybridized carbons (Fsp3) is 0.667. The van der Waals surface area contributed by atoms with E-state index in [0.29, 0.717) is 0 Å².